The lowest BCUT2D eigenvalue weighted by Crippen LogP contribution is -2.31. The Morgan fingerprint density at radius 2 is 1.56 bits per heavy atom. The molecule has 1 aliphatic rings. The fourth-order valence-electron chi connectivity index (χ4n) is 3.78. The van der Waals surface area contributed by atoms with E-state index in [1.54, 1.807) is 17.0 Å². The van der Waals surface area contributed by atoms with E-state index < -0.39 is 0 Å². The maximum Gasteiger partial charge on any atom is 0.266 e. The summed E-state index contributed by atoms with van der Waals surface area (Å²) < 4.78 is 1.99. The summed E-state index contributed by atoms with van der Waals surface area (Å²) in [4.78, 5) is 20.6. The van der Waals surface area contributed by atoms with Gasteiger partial charge < -0.3 is 9.67 Å². The summed E-state index contributed by atoms with van der Waals surface area (Å²) in [6, 6.07) is 30.8. The Morgan fingerprint density at radius 3 is 2.29 bits per heavy atom. The molecule has 3 aromatic carbocycles. The molecule has 1 aliphatic heterocycles. The van der Waals surface area contributed by atoms with Gasteiger partial charge in [0.05, 0.1) is 10.6 Å². The number of carbonyl (C=O) groups excluding carboxylic acids is 1. The second kappa shape index (κ2) is 9.85. The molecular formula is C28H23N3O2S. The second-order valence-electron chi connectivity index (χ2n) is 7.85. The lowest BCUT2D eigenvalue weighted by Gasteiger charge is -2.15. The summed E-state index contributed by atoms with van der Waals surface area (Å²) in [6.07, 6.45) is 4.59. The molecule has 1 amide bonds. The van der Waals surface area contributed by atoms with Gasteiger partial charge in [0.15, 0.2) is 5.17 Å². The highest BCUT2D eigenvalue weighted by atomic mass is 32.2. The van der Waals surface area contributed by atoms with Crippen molar-refractivity contribution in [2.75, 3.05) is 6.54 Å². The number of hydrogen-bond acceptors (Lipinski definition) is 4. The van der Waals surface area contributed by atoms with Crippen LogP contribution in [0, 0.1) is 0 Å². The highest BCUT2D eigenvalue weighted by Gasteiger charge is 2.33. The predicted molar refractivity (Wildman–Crippen MR) is 138 cm³/mol. The second-order valence-corrected chi connectivity index (χ2v) is 8.86. The van der Waals surface area contributed by atoms with Crippen LogP contribution in [0.3, 0.4) is 0 Å². The number of amidine groups is 1. The molecule has 5 rings (SSSR count). The molecule has 5 nitrogen and oxygen atoms in total. The number of nitrogens with zero attached hydrogens (tertiary/aromatic N) is 3. The summed E-state index contributed by atoms with van der Waals surface area (Å²) in [5.74, 6) is 0.169. The molecule has 0 atom stereocenters. The van der Waals surface area contributed by atoms with Crippen LogP contribution in [0.5, 0.6) is 5.75 Å². The minimum Gasteiger partial charge on any atom is -0.508 e. The zero-order valence-corrected chi connectivity index (χ0v) is 19.2. The van der Waals surface area contributed by atoms with E-state index >= 15 is 0 Å². The quantitative estimate of drug-likeness (QED) is 0.354. The van der Waals surface area contributed by atoms with Crippen LogP contribution in [0.2, 0.25) is 0 Å². The number of para-hydroxylation sites is 1. The third-order valence-electron chi connectivity index (χ3n) is 5.52. The van der Waals surface area contributed by atoms with Gasteiger partial charge in [-0.05, 0) is 78.4 Å². The van der Waals surface area contributed by atoms with E-state index in [1.165, 1.54) is 17.3 Å². The molecule has 1 aromatic heterocycles. The highest BCUT2D eigenvalue weighted by Crippen LogP contribution is 2.34. The number of aromatic hydroxyl groups is 1. The van der Waals surface area contributed by atoms with E-state index in [9.17, 15) is 9.90 Å². The van der Waals surface area contributed by atoms with Crippen LogP contribution in [-0.2, 0) is 11.2 Å². The Labute approximate surface area is 202 Å². The molecule has 0 aliphatic carbocycles. The number of benzene rings is 3. The smallest absolute Gasteiger partial charge is 0.266 e. The number of phenolic OH excluding ortho intramolecular Hbond substituents is 1. The van der Waals surface area contributed by atoms with Gasteiger partial charge in [-0.3, -0.25) is 9.69 Å². The number of carbonyl (C=O) groups is 1. The van der Waals surface area contributed by atoms with Crippen molar-refractivity contribution in [3.8, 4) is 11.4 Å². The van der Waals surface area contributed by atoms with Crippen molar-refractivity contribution in [3.05, 3.63) is 119 Å². The molecule has 1 saturated heterocycles. The molecular weight excluding hydrogens is 442 g/mol. The van der Waals surface area contributed by atoms with E-state index in [2.05, 4.69) is 12.1 Å². The van der Waals surface area contributed by atoms with Gasteiger partial charge in [0, 0.05) is 24.1 Å². The van der Waals surface area contributed by atoms with Crippen LogP contribution < -0.4 is 0 Å². The lowest BCUT2D eigenvalue weighted by atomic mass is 10.1. The fourth-order valence-corrected chi connectivity index (χ4v) is 4.79. The fraction of sp³-hybridized carbons (Fsp3) is 0.0714. The maximum atomic E-state index is 13.5. The summed E-state index contributed by atoms with van der Waals surface area (Å²) in [5, 5.41) is 10.3. The number of amides is 1. The molecule has 34 heavy (non-hydrogen) atoms. The summed E-state index contributed by atoms with van der Waals surface area (Å²) in [5.41, 5.74) is 3.78. The number of phenols is 1. The third-order valence-corrected chi connectivity index (χ3v) is 6.53. The molecule has 4 aromatic rings. The zero-order valence-electron chi connectivity index (χ0n) is 18.4. The Bertz CT molecular complexity index is 1340. The van der Waals surface area contributed by atoms with Crippen molar-refractivity contribution < 1.29 is 9.90 Å². The minimum atomic E-state index is -0.0472. The normalized spacial score (nSPS) is 16.0. The van der Waals surface area contributed by atoms with E-state index in [0.29, 0.717) is 16.6 Å². The third kappa shape index (κ3) is 4.82. The predicted octanol–water partition coefficient (Wildman–Crippen LogP) is 6.03. The van der Waals surface area contributed by atoms with E-state index in [1.807, 2.05) is 89.6 Å². The topological polar surface area (TPSA) is 57.8 Å². The van der Waals surface area contributed by atoms with Gasteiger partial charge in [-0.2, -0.15) is 0 Å². The number of thioether (sulfide) groups is 1. The van der Waals surface area contributed by atoms with E-state index in [-0.39, 0.29) is 11.7 Å². The number of rotatable bonds is 6. The molecule has 1 fully saturated rings. The molecule has 168 valence electrons. The Balaban J connectivity index is 1.46. The molecule has 0 bridgehead atoms. The van der Waals surface area contributed by atoms with E-state index in [0.717, 1.165) is 23.5 Å². The van der Waals surface area contributed by atoms with Crippen molar-refractivity contribution in [1.29, 1.82) is 0 Å². The van der Waals surface area contributed by atoms with Crippen LogP contribution in [0.25, 0.3) is 11.8 Å². The molecule has 0 spiro atoms. The number of aliphatic imine (C=N–C) groups is 1. The number of aromatic nitrogens is 1. The standard InChI is InChI=1S/C28H23N3O2S/c32-25-15-13-23(14-16-25)30-18-7-12-24(30)20-26-27(33)31(19-17-21-8-3-1-4-9-21)28(34-26)29-22-10-5-2-6-11-22/h1-16,18,20,32H,17,19H2/b26-20-,29-28?. The highest BCUT2D eigenvalue weighted by molar-refractivity contribution is 8.18. The van der Waals surface area contributed by atoms with Crippen LogP contribution in [-0.4, -0.2) is 32.2 Å². The van der Waals surface area contributed by atoms with Crippen molar-refractivity contribution in [2.45, 2.75) is 6.42 Å². The molecule has 0 saturated carbocycles. The Morgan fingerprint density at radius 1 is 0.853 bits per heavy atom. The first-order valence-electron chi connectivity index (χ1n) is 11.0. The van der Waals surface area contributed by atoms with E-state index in [4.69, 9.17) is 4.99 Å². The van der Waals surface area contributed by atoms with Crippen molar-refractivity contribution in [1.82, 2.24) is 9.47 Å². The largest absolute Gasteiger partial charge is 0.508 e. The van der Waals surface area contributed by atoms with Gasteiger partial charge in [-0.25, -0.2) is 4.99 Å². The van der Waals surface area contributed by atoms with Gasteiger partial charge in [0.2, 0.25) is 0 Å². The monoisotopic (exact) mass is 465 g/mol. The summed E-state index contributed by atoms with van der Waals surface area (Å²) >= 11 is 1.40. The van der Waals surface area contributed by atoms with Gasteiger partial charge in [0.25, 0.3) is 5.91 Å². The maximum absolute atomic E-state index is 13.5. The first-order chi connectivity index (χ1) is 16.7. The SMILES string of the molecule is O=C1/C(=C/c2cccn2-c2ccc(O)cc2)SC(=Nc2ccccc2)N1CCc1ccccc1. The van der Waals surface area contributed by atoms with Crippen molar-refractivity contribution >= 4 is 34.6 Å². The van der Waals surface area contributed by atoms with Crippen LogP contribution >= 0.6 is 11.8 Å². The van der Waals surface area contributed by atoms with Gasteiger partial charge in [0.1, 0.15) is 5.75 Å². The zero-order chi connectivity index (χ0) is 23.3. The van der Waals surface area contributed by atoms with Crippen molar-refractivity contribution in [3.63, 3.8) is 0 Å². The molecule has 2 heterocycles. The lowest BCUT2D eigenvalue weighted by molar-refractivity contribution is -0.122. The Hall–Kier alpha value is -4.03. The Kier molecular flexibility index (Phi) is 6.31. The number of hydrogen-bond donors (Lipinski definition) is 1. The minimum absolute atomic E-state index is 0.0472. The average Bonchev–Trinajstić information content (AvgIpc) is 3.44. The molecule has 1 N–H and O–H groups in total. The first-order valence-corrected chi connectivity index (χ1v) is 11.8. The van der Waals surface area contributed by atoms with Crippen LogP contribution in [0.4, 0.5) is 5.69 Å². The summed E-state index contributed by atoms with van der Waals surface area (Å²) in [7, 11) is 0. The van der Waals surface area contributed by atoms with Gasteiger partial charge in [-0.15, -0.1) is 0 Å². The molecule has 6 heteroatoms. The average molecular weight is 466 g/mol. The first kappa shape index (κ1) is 21.8. The van der Waals surface area contributed by atoms with Crippen LogP contribution in [0.15, 0.2) is 113 Å². The van der Waals surface area contributed by atoms with Crippen LogP contribution in [0.1, 0.15) is 11.3 Å². The van der Waals surface area contributed by atoms with Gasteiger partial charge in [-0.1, -0.05) is 48.5 Å². The van der Waals surface area contributed by atoms with Crippen molar-refractivity contribution in [2.24, 2.45) is 4.99 Å². The molecule has 0 radical (unpaired) electrons. The summed E-state index contributed by atoms with van der Waals surface area (Å²) in [6.45, 7) is 0.553. The van der Waals surface area contributed by atoms with Gasteiger partial charge >= 0.3 is 0 Å². The molecule has 0 unspecified atom stereocenters.